The summed E-state index contributed by atoms with van der Waals surface area (Å²) in [5.74, 6) is 0.202. The van der Waals surface area contributed by atoms with Crippen LogP contribution >= 0.6 is 15.9 Å². The molecule has 0 saturated carbocycles. The molecular weight excluding hydrogens is 242 g/mol. The number of hydrogen-bond acceptors (Lipinski definition) is 2. The smallest absolute Gasteiger partial charge is 0.164 e. The summed E-state index contributed by atoms with van der Waals surface area (Å²) in [6, 6.07) is 9.40. The van der Waals surface area contributed by atoms with Crippen LogP contribution in [-0.2, 0) is 0 Å². The number of nitrogens with one attached hydrogen (secondary N) is 1. The zero-order valence-electron chi connectivity index (χ0n) is 8.00. The molecule has 0 amide bonds. The molecule has 0 aromatic heterocycles. The molecule has 1 aromatic carbocycles. The van der Waals surface area contributed by atoms with E-state index in [-0.39, 0.29) is 5.78 Å². The fourth-order valence-electron chi connectivity index (χ4n) is 1.16. The fraction of sp³-hybridized carbons (Fsp3) is 0.364. The Morgan fingerprint density at radius 1 is 1.21 bits per heavy atom. The average Bonchev–Trinajstić information content (AvgIpc) is 2.25. The number of carbonyl (C=O) groups excluding carboxylic acids is 1. The van der Waals surface area contributed by atoms with Crippen molar-refractivity contribution in [1.29, 1.82) is 0 Å². The molecule has 0 unspecified atom stereocenters. The number of Topliss-reactive ketones (excluding diaryl/α,β-unsaturated/α-hetero) is 1. The zero-order chi connectivity index (χ0) is 10.2. The van der Waals surface area contributed by atoms with Gasteiger partial charge in [-0.1, -0.05) is 46.3 Å². The second-order valence-corrected chi connectivity index (χ2v) is 3.77. The first-order valence-electron chi connectivity index (χ1n) is 4.69. The first kappa shape index (κ1) is 11.4. The quantitative estimate of drug-likeness (QED) is 0.480. The van der Waals surface area contributed by atoms with E-state index in [0.717, 1.165) is 24.0 Å². The van der Waals surface area contributed by atoms with Gasteiger partial charge in [0.25, 0.3) is 0 Å². The molecule has 0 saturated heterocycles. The van der Waals surface area contributed by atoms with Crippen LogP contribution in [0.2, 0.25) is 0 Å². The van der Waals surface area contributed by atoms with Crippen molar-refractivity contribution in [2.75, 3.05) is 18.4 Å². The monoisotopic (exact) mass is 255 g/mol. The molecule has 0 atom stereocenters. The molecule has 0 aliphatic heterocycles. The number of benzene rings is 1. The second-order valence-electron chi connectivity index (χ2n) is 2.98. The summed E-state index contributed by atoms with van der Waals surface area (Å²) in [5, 5.41) is 4.09. The van der Waals surface area contributed by atoms with Crippen LogP contribution in [0.25, 0.3) is 0 Å². The normalized spacial score (nSPS) is 10.1. The summed E-state index contributed by atoms with van der Waals surface area (Å²) in [6.45, 7) is 1.65. The summed E-state index contributed by atoms with van der Waals surface area (Å²) in [6.07, 6.45) is 0.566. The van der Waals surface area contributed by atoms with E-state index in [9.17, 15) is 4.79 Å². The predicted octanol–water partition coefficient (Wildman–Crippen LogP) is 2.24. The standard InChI is InChI=1S/C11H14BrNO/c12-7-9-13-8-6-11(14)10-4-2-1-3-5-10/h1-5,13H,6-9H2. The molecule has 0 heterocycles. The maximum Gasteiger partial charge on any atom is 0.164 e. The van der Waals surface area contributed by atoms with Crippen LogP contribution in [0.3, 0.4) is 0 Å². The minimum atomic E-state index is 0.202. The van der Waals surface area contributed by atoms with E-state index < -0.39 is 0 Å². The number of hydrogen-bond donors (Lipinski definition) is 1. The van der Waals surface area contributed by atoms with Gasteiger partial charge in [-0.25, -0.2) is 0 Å². The Morgan fingerprint density at radius 2 is 1.93 bits per heavy atom. The molecule has 0 fully saturated rings. The Balaban J connectivity index is 2.29. The van der Waals surface area contributed by atoms with Gasteiger partial charge in [0.1, 0.15) is 0 Å². The van der Waals surface area contributed by atoms with Crippen molar-refractivity contribution in [2.45, 2.75) is 6.42 Å². The van der Waals surface area contributed by atoms with Crippen molar-refractivity contribution >= 4 is 21.7 Å². The fourth-order valence-corrected chi connectivity index (χ4v) is 1.44. The summed E-state index contributed by atoms with van der Waals surface area (Å²) >= 11 is 3.31. The van der Waals surface area contributed by atoms with Crippen molar-refractivity contribution in [2.24, 2.45) is 0 Å². The van der Waals surface area contributed by atoms with Crippen molar-refractivity contribution in [3.05, 3.63) is 35.9 Å². The summed E-state index contributed by atoms with van der Waals surface area (Å²) in [7, 11) is 0. The summed E-state index contributed by atoms with van der Waals surface area (Å²) in [4.78, 5) is 11.6. The SMILES string of the molecule is O=C(CCNCCBr)c1ccccc1. The van der Waals surface area contributed by atoms with Crippen LogP contribution in [-0.4, -0.2) is 24.2 Å². The molecule has 1 rings (SSSR count). The van der Waals surface area contributed by atoms with Gasteiger partial charge in [0.15, 0.2) is 5.78 Å². The molecule has 0 radical (unpaired) electrons. The number of ketones is 1. The lowest BCUT2D eigenvalue weighted by molar-refractivity contribution is 0.0983. The van der Waals surface area contributed by atoms with E-state index in [2.05, 4.69) is 21.2 Å². The summed E-state index contributed by atoms with van der Waals surface area (Å²) < 4.78 is 0. The van der Waals surface area contributed by atoms with Gasteiger partial charge in [-0.2, -0.15) is 0 Å². The average molecular weight is 256 g/mol. The zero-order valence-corrected chi connectivity index (χ0v) is 9.59. The van der Waals surface area contributed by atoms with Gasteiger partial charge in [0, 0.05) is 30.4 Å². The maximum absolute atomic E-state index is 11.6. The number of halogens is 1. The van der Waals surface area contributed by atoms with E-state index in [1.54, 1.807) is 0 Å². The Labute approximate surface area is 92.8 Å². The van der Waals surface area contributed by atoms with Crippen LogP contribution in [0.5, 0.6) is 0 Å². The van der Waals surface area contributed by atoms with Gasteiger partial charge in [0.05, 0.1) is 0 Å². The highest BCUT2D eigenvalue weighted by Crippen LogP contribution is 2.01. The highest BCUT2D eigenvalue weighted by molar-refractivity contribution is 9.09. The van der Waals surface area contributed by atoms with Crippen molar-refractivity contribution in [3.63, 3.8) is 0 Å². The predicted molar refractivity (Wildman–Crippen MR) is 62.1 cm³/mol. The lowest BCUT2D eigenvalue weighted by Crippen LogP contribution is -2.20. The van der Waals surface area contributed by atoms with Crippen molar-refractivity contribution < 1.29 is 4.79 Å². The lowest BCUT2D eigenvalue weighted by atomic mass is 10.1. The van der Waals surface area contributed by atoms with Crippen molar-refractivity contribution in [3.8, 4) is 0 Å². The topological polar surface area (TPSA) is 29.1 Å². The third kappa shape index (κ3) is 4.03. The van der Waals surface area contributed by atoms with Crippen molar-refractivity contribution in [1.82, 2.24) is 5.32 Å². The molecule has 76 valence electrons. The third-order valence-electron chi connectivity index (χ3n) is 1.90. The van der Waals surface area contributed by atoms with Crippen LogP contribution in [0.4, 0.5) is 0 Å². The van der Waals surface area contributed by atoms with Crippen LogP contribution in [0.1, 0.15) is 16.8 Å². The number of rotatable bonds is 6. The molecule has 3 heteroatoms. The van der Waals surface area contributed by atoms with Crippen LogP contribution in [0.15, 0.2) is 30.3 Å². The lowest BCUT2D eigenvalue weighted by Gasteiger charge is -2.01. The molecule has 0 aliphatic carbocycles. The summed E-state index contributed by atoms with van der Waals surface area (Å²) in [5.41, 5.74) is 0.799. The minimum Gasteiger partial charge on any atom is -0.315 e. The number of alkyl halides is 1. The van der Waals surface area contributed by atoms with E-state index in [1.165, 1.54) is 0 Å². The molecular formula is C11H14BrNO. The van der Waals surface area contributed by atoms with Crippen LogP contribution in [0, 0.1) is 0 Å². The van der Waals surface area contributed by atoms with E-state index >= 15 is 0 Å². The third-order valence-corrected chi connectivity index (χ3v) is 2.29. The van der Waals surface area contributed by atoms with Crippen LogP contribution < -0.4 is 5.32 Å². The maximum atomic E-state index is 11.6. The molecule has 0 bridgehead atoms. The van der Waals surface area contributed by atoms with E-state index in [0.29, 0.717) is 6.42 Å². The highest BCUT2D eigenvalue weighted by atomic mass is 79.9. The molecule has 1 aromatic rings. The molecule has 0 aliphatic rings. The van der Waals surface area contributed by atoms with Gasteiger partial charge in [-0.3, -0.25) is 4.79 Å². The molecule has 14 heavy (non-hydrogen) atoms. The van der Waals surface area contributed by atoms with Gasteiger partial charge in [0.2, 0.25) is 0 Å². The van der Waals surface area contributed by atoms with E-state index in [4.69, 9.17) is 0 Å². The Bertz CT molecular complexity index is 274. The first-order valence-corrected chi connectivity index (χ1v) is 5.81. The number of carbonyl (C=O) groups is 1. The molecule has 0 spiro atoms. The Kier molecular flexibility index (Phi) is 5.49. The van der Waals surface area contributed by atoms with Gasteiger partial charge in [-0.15, -0.1) is 0 Å². The Morgan fingerprint density at radius 3 is 2.57 bits per heavy atom. The van der Waals surface area contributed by atoms with Gasteiger partial charge in [-0.05, 0) is 0 Å². The second kappa shape index (κ2) is 6.74. The molecule has 1 N–H and O–H groups in total. The minimum absolute atomic E-state index is 0.202. The van der Waals surface area contributed by atoms with E-state index in [1.807, 2.05) is 30.3 Å². The van der Waals surface area contributed by atoms with Gasteiger partial charge < -0.3 is 5.32 Å². The van der Waals surface area contributed by atoms with Gasteiger partial charge >= 0.3 is 0 Å². The molecule has 2 nitrogen and oxygen atoms in total. The highest BCUT2D eigenvalue weighted by Gasteiger charge is 2.03. The largest absolute Gasteiger partial charge is 0.315 e. The first-order chi connectivity index (χ1) is 6.84. The Hall–Kier alpha value is -0.670.